The molecule has 0 aliphatic rings. The van der Waals surface area contributed by atoms with Crippen LogP contribution in [0, 0.1) is 5.82 Å². The van der Waals surface area contributed by atoms with Crippen molar-refractivity contribution >= 4 is 23.4 Å². The lowest BCUT2D eigenvalue weighted by Crippen LogP contribution is -2.03. The van der Waals surface area contributed by atoms with Crippen LogP contribution in [0.5, 0.6) is 0 Å². The second kappa shape index (κ2) is 6.19. The average molecular weight is 316 g/mol. The number of ether oxygens (including phenoxy) is 1. The fraction of sp³-hybridized carbons (Fsp3) is 0.125. The topological polar surface area (TPSA) is 43.6 Å². The van der Waals surface area contributed by atoms with Crippen LogP contribution < -0.4 is 0 Å². The van der Waals surface area contributed by atoms with Gasteiger partial charge in [-0.25, -0.2) is 14.2 Å². The van der Waals surface area contributed by atoms with Crippen LogP contribution in [0.25, 0.3) is 5.65 Å². The van der Waals surface area contributed by atoms with Gasteiger partial charge in [-0.15, -0.1) is 11.8 Å². The van der Waals surface area contributed by atoms with E-state index in [1.807, 2.05) is 12.4 Å². The minimum Gasteiger partial charge on any atom is -0.465 e. The maximum absolute atomic E-state index is 13.6. The second-order valence-corrected chi connectivity index (χ2v) is 5.61. The Kier molecular flexibility index (Phi) is 4.11. The van der Waals surface area contributed by atoms with Crippen LogP contribution in [0.15, 0.2) is 53.7 Å². The van der Waals surface area contributed by atoms with Crippen LogP contribution in [-0.4, -0.2) is 22.5 Å². The van der Waals surface area contributed by atoms with Crippen molar-refractivity contribution in [2.45, 2.75) is 10.6 Å². The van der Waals surface area contributed by atoms with Crippen molar-refractivity contribution in [1.82, 2.24) is 9.38 Å². The number of nitrogens with zero attached hydrogens (tertiary/aromatic N) is 2. The van der Waals surface area contributed by atoms with Gasteiger partial charge in [0, 0.05) is 23.0 Å². The summed E-state index contributed by atoms with van der Waals surface area (Å²) in [7, 11) is 1.34. The van der Waals surface area contributed by atoms with E-state index in [4.69, 9.17) is 4.74 Å². The number of benzene rings is 1. The number of carbonyl (C=O) groups is 1. The number of imidazole rings is 1. The van der Waals surface area contributed by atoms with Crippen LogP contribution in [0.4, 0.5) is 4.39 Å². The molecule has 22 heavy (non-hydrogen) atoms. The molecule has 0 N–H and O–H groups in total. The van der Waals surface area contributed by atoms with Crippen molar-refractivity contribution < 1.29 is 13.9 Å². The molecule has 0 aliphatic carbocycles. The van der Waals surface area contributed by atoms with Gasteiger partial charge in [0.1, 0.15) is 11.4 Å². The van der Waals surface area contributed by atoms with Crippen LogP contribution in [0.2, 0.25) is 0 Å². The minimum atomic E-state index is -0.426. The number of hydrogen-bond acceptors (Lipinski definition) is 4. The van der Waals surface area contributed by atoms with Crippen molar-refractivity contribution in [3.05, 3.63) is 65.9 Å². The van der Waals surface area contributed by atoms with Crippen LogP contribution in [0.3, 0.4) is 0 Å². The Morgan fingerprint density at radius 3 is 2.91 bits per heavy atom. The molecule has 3 aromatic rings. The van der Waals surface area contributed by atoms with Crippen LogP contribution >= 0.6 is 11.8 Å². The van der Waals surface area contributed by atoms with Gasteiger partial charge in [-0.05, 0) is 24.3 Å². The number of esters is 1. The molecule has 0 amide bonds. The number of carbonyl (C=O) groups excluding carboxylic acids is 1. The molecule has 6 heteroatoms. The summed E-state index contributed by atoms with van der Waals surface area (Å²) >= 11 is 1.37. The Morgan fingerprint density at radius 2 is 2.14 bits per heavy atom. The number of pyridine rings is 1. The molecule has 0 bridgehead atoms. The third kappa shape index (κ3) is 2.82. The normalized spacial score (nSPS) is 10.8. The third-order valence-corrected chi connectivity index (χ3v) is 4.23. The van der Waals surface area contributed by atoms with Gasteiger partial charge in [0.15, 0.2) is 5.65 Å². The quantitative estimate of drug-likeness (QED) is 0.545. The highest BCUT2D eigenvalue weighted by Crippen LogP contribution is 2.25. The highest BCUT2D eigenvalue weighted by molar-refractivity contribution is 7.98. The fourth-order valence-corrected chi connectivity index (χ4v) is 2.94. The molecule has 0 unspecified atom stereocenters. The Labute approximate surface area is 130 Å². The van der Waals surface area contributed by atoms with Crippen LogP contribution in [-0.2, 0) is 10.5 Å². The van der Waals surface area contributed by atoms with E-state index in [2.05, 4.69) is 4.98 Å². The molecule has 1 aromatic carbocycles. The van der Waals surface area contributed by atoms with E-state index >= 15 is 0 Å². The van der Waals surface area contributed by atoms with Crippen molar-refractivity contribution in [3.8, 4) is 0 Å². The van der Waals surface area contributed by atoms with E-state index in [0.717, 1.165) is 5.69 Å². The van der Waals surface area contributed by atoms with Crippen molar-refractivity contribution in [3.63, 3.8) is 0 Å². The summed E-state index contributed by atoms with van der Waals surface area (Å²) in [4.78, 5) is 16.8. The summed E-state index contributed by atoms with van der Waals surface area (Å²) in [6.07, 6.45) is 3.64. The summed E-state index contributed by atoms with van der Waals surface area (Å²) in [5.74, 6) is -0.153. The highest BCUT2D eigenvalue weighted by Gasteiger charge is 2.13. The van der Waals surface area contributed by atoms with E-state index < -0.39 is 5.97 Å². The van der Waals surface area contributed by atoms with Gasteiger partial charge >= 0.3 is 5.97 Å². The largest absolute Gasteiger partial charge is 0.465 e. The summed E-state index contributed by atoms with van der Waals surface area (Å²) in [6.45, 7) is 0. The van der Waals surface area contributed by atoms with E-state index in [-0.39, 0.29) is 5.82 Å². The Balaban J connectivity index is 1.86. The molecule has 0 saturated carbocycles. The van der Waals surface area contributed by atoms with Gasteiger partial charge < -0.3 is 9.14 Å². The fourth-order valence-electron chi connectivity index (χ4n) is 2.12. The van der Waals surface area contributed by atoms with Crippen LogP contribution in [0.1, 0.15) is 16.1 Å². The molecule has 0 radical (unpaired) electrons. The van der Waals surface area contributed by atoms with Crippen molar-refractivity contribution in [2.75, 3.05) is 7.11 Å². The zero-order valence-electron chi connectivity index (χ0n) is 11.8. The molecule has 4 nitrogen and oxygen atoms in total. The molecule has 0 aliphatic heterocycles. The molecule has 0 spiro atoms. The first-order valence-corrected chi connectivity index (χ1v) is 7.60. The van der Waals surface area contributed by atoms with Crippen molar-refractivity contribution in [2.24, 2.45) is 0 Å². The number of fused-ring (bicyclic) bond motifs is 1. The number of methoxy groups -OCH3 is 1. The Morgan fingerprint density at radius 1 is 1.32 bits per heavy atom. The number of rotatable bonds is 4. The molecule has 2 aromatic heterocycles. The monoisotopic (exact) mass is 316 g/mol. The lowest BCUT2D eigenvalue weighted by molar-refractivity contribution is 0.0602. The Hall–Kier alpha value is -2.34. The first-order chi connectivity index (χ1) is 10.7. The lowest BCUT2D eigenvalue weighted by Gasteiger charge is -2.00. The molecule has 0 atom stereocenters. The van der Waals surface area contributed by atoms with Gasteiger partial charge in [-0.3, -0.25) is 0 Å². The first-order valence-electron chi connectivity index (χ1n) is 6.61. The third-order valence-electron chi connectivity index (χ3n) is 3.15. The molecular formula is C16H13FN2O2S. The molecule has 2 heterocycles. The number of halogens is 1. The first kappa shape index (κ1) is 14.6. The van der Waals surface area contributed by atoms with Gasteiger partial charge in [0.05, 0.1) is 12.8 Å². The van der Waals surface area contributed by atoms with E-state index in [9.17, 15) is 9.18 Å². The van der Waals surface area contributed by atoms with Crippen molar-refractivity contribution in [1.29, 1.82) is 0 Å². The summed E-state index contributed by atoms with van der Waals surface area (Å²) < 4.78 is 20.1. The number of hydrogen-bond donors (Lipinski definition) is 0. The average Bonchev–Trinajstić information content (AvgIpc) is 2.96. The predicted octanol–water partition coefficient (Wildman–Crippen LogP) is 3.55. The van der Waals surface area contributed by atoms with Gasteiger partial charge in [0.2, 0.25) is 0 Å². The highest BCUT2D eigenvalue weighted by atomic mass is 32.2. The zero-order valence-corrected chi connectivity index (χ0v) is 12.6. The van der Waals surface area contributed by atoms with E-state index in [1.54, 1.807) is 34.7 Å². The summed E-state index contributed by atoms with van der Waals surface area (Å²) in [5, 5.41) is 0. The molecule has 112 valence electrons. The molecule has 3 rings (SSSR count). The second-order valence-electron chi connectivity index (χ2n) is 4.60. The maximum atomic E-state index is 13.6. The zero-order chi connectivity index (χ0) is 15.5. The molecule has 0 fully saturated rings. The molecular weight excluding hydrogens is 303 g/mol. The molecule has 0 saturated heterocycles. The standard InChI is InChI=1S/C16H13FN2O2S/c1-21-16(20)12-5-4-8-19-9-11(18-15(12)19)10-22-14-7-3-2-6-13(14)17/h2-9H,10H2,1H3. The number of thioether (sulfide) groups is 1. The van der Waals surface area contributed by atoms with E-state index in [1.165, 1.54) is 24.9 Å². The summed E-state index contributed by atoms with van der Waals surface area (Å²) in [5.41, 5.74) is 1.72. The minimum absolute atomic E-state index is 0.244. The van der Waals surface area contributed by atoms with Gasteiger partial charge in [-0.1, -0.05) is 12.1 Å². The Bertz CT molecular complexity index is 832. The summed E-state index contributed by atoms with van der Waals surface area (Å²) in [6, 6.07) is 10.0. The van der Waals surface area contributed by atoms with E-state index in [0.29, 0.717) is 21.9 Å². The SMILES string of the molecule is COC(=O)c1cccn2cc(CSc3ccccc3F)nc12. The number of aromatic nitrogens is 2. The predicted molar refractivity (Wildman–Crippen MR) is 82.5 cm³/mol. The lowest BCUT2D eigenvalue weighted by atomic mass is 10.3. The van der Waals surface area contributed by atoms with Gasteiger partial charge in [-0.2, -0.15) is 0 Å². The maximum Gasteiger partial charge on any atom is 0.341 e. The smallest absolute Gasteiger partial charge is 0.341 e. The van der Waals surface area contributed by atoms with Gasteiger partial charge in [0.25, 0.3) is 0 Å².